The largest absolute Gasteiger partial charge is 0.347 e. The third-order valence-corrected chi connectivity index (χ3v) is 5.29. The van der Waals surface area contributed by atoms with E-state index >= 15 is 0 Å². The van der Waals surface area contributed by atoms with E-state index in [0.717, 1.165) is 29.9 Å². The van der Waals surface area contributed by atoms with Crippen molar-refractivity contribution >= 4 is 5.91 Å². The van der Waals surface area contributed by atoms with Crippen molar-refractivity contribution in [2.45, 2.75) is 26.2 Å². The van der Waals surface area contributed by atoms with Gasteiger partial charge in [0.2, 0.25) is 0 Å². The lowest BCUT2D eigenvalue weighted by Gasteiger charge is -2.31. The number of aromatic amines is 1. The summed E-state index contributed by atoms with van der Waals surface area (Å²) in [5, 5.41) is 14.6. The maximum atomic E-state index is 12.5. The third kappa shape index (κ3) is 3.47. The molecule has 1 N–H and O–H groups in total. The van der Waals surface area contributed by atoms with E-state index in [1.165, 1.54) is 4.68 Å². The van der Waals surface area contributed by atoms with Gasteiger partial charge < -0.3 is 4.90 Å². The molecule has 1 fully saturated rings. The van der Waals surface area contributed by atoms with Gasteiger partial charge in [-0.1, -0.05) is 23.4 Å². The van der Waals surface area contributed by atoms with Crippen molar-refractivity contribution in [2.24, 2.45) is 13.0 Å². The fourth-order valence-electron chi connectivity index (χ4n) is 3.73. The molecule has 0 radical (unpaired) electrons. The molecule has 2 aromatic heterocycles. The van der Waals surface area contributed by atoms with Crippen molar-refractivity contribution in [3.63, 3.8) is 0 Å². The van der Waals surface area contributed by atoms with E-state index in [2.05, 4.69) is 20.5 Å². The number of aromatic nitrogens is 6. The predicted octanol–water partition coefficient (Wildman–Crippen LogP) is 1.09. The number of aryl methyl sites for hydroxylation is 2. The standard InChI is InChI=1S/C19H23N7O2/c1-13-5-3-4-6-16(13)26-17(21-22-19(26)28)11-14-7-9-25(10-8-14)18(27)15-12-24(2)23-20-15/h3-6,12,14H,7-11H2,1-2H3,(H,22,28). The second kappa shape index (κ2) is 7.41. The second-order valence-corrected chi connectivity index (χ2v) is 7.28. The first kappa shape index (κ1) is 18.1. The van der Waals surface area contributed by atoms with Crippen molar-refractivity contribution in [3.8, 4) is 5.69 Å². The average Bonchev–Trinajstić information content (AvgIpc) is 3.28. The van der Waals surface area contributed by atoms with Crippen LogP contribution in [0.4, 0.5) is 0 Å². The Labute approximate surface area is 162 Å². The SMILES string of the molecule is Cc1ccccc1-n1c(CC2CCN(C(=O)c3cn(C)nn3)CC2)n[nH]c1=O. The molecule has 4 rings (SSSR count). The summed E-state index contributed by atoms with van der Waals surface area (Å²) in [6.07, 6.45) is 4.06. The molecule has 1 aliphatic rings. The van der Waals surface area contributed by atoms with Crippen molar-refractivity contribution < 1.29 is 4.79 Å². The first-order valence-corrected chi connectivity index (χ1v) is 9.41. The molecule has 1 aliphatic heterocycles. The van der Waals surface area contributed by atoms with Gasteiger partial charge in [-0.05, 0) is 37.3 Å². The Morgan fingerprint density at radius 2 is 2.00 bits per heavy atom. The van der Waals surface area contributed by atoms with Crippen LogP contribution in [0.3, 0.4) is 0 Å². The molecule has 0 aliphatic carbocycles. The van der Waals surface area contributed by atoms with Crippen LogP contribution in [0.5, 0.6) is 0 Å². The monoisotopic (exact) mass is 381 g/mol. The molecule has 9 nitrogen and oxygen atoms in total. The van der Waals surface area contributed by atoms with Crippen molar-refractivity contribution in [2.75, 3.05) is 13.1 Å². The molecule has 1 amide bonds. The van der Waals surface area contributed by atoms with Crippen molar-refractivity contribution in [1.82, 2.24) is 34.7 Å². The van der Waals surface area contributed by atoms with Gasteiger partial charge in [0.15, 0.2) is 5.69 Å². The number of nitrogens with zero attached hydrogens (tertiary/aromatic N) is 6. The second-order valence-electron chi connectivity index (χ2n) is 7.28. The predicted molar refractivity (Wildman–Crippen MR) is 102 cm³/mol. The smallest absolute Gasteiger partial charge is 0.337 e. The fourth-order valence-corrected chi connectivity index (χ4v) is 3.73. The highest BCUT2D eigenvalue weighted by Gasteiger charge is 2.27. The zero-order chi connectivity index (χ0) is 19.7. The average molecular weight is 381 g/mol. The number of rotatable bonds is 4. The topological polar surface area (TPSA) is 102 Å². The molecule has 3 heterocycles. The summed E-state index contributed by atoms with van der Waals surface area (Å²) >= 11 is 0. The van der Waals surface area contributed by atoms with Crippen LogP contribution < -0.4 is 5.69 Å². The van der Waals surface area contributed by atoms with Crippen LogP contribution in [0, 0.1) is 12.8 Å². The van der Waals surface area contributed by atoms with Gasteiger partial charge in [0.1, 0.15) is 5.82 Å². The van der Waals surface area contributed by atoms with Crippen molar-refractivity contribution in [3.05, 3.63) is 58.0 Å². The third-order valence-electron chi connectivity index (χ3n) is 5.29. The van der Waals surface area contributed by atoms with Gasteiger partial charge in [-0.25, -0.2) is 14.5 Å². The van der Waals surface area contributed by atoms with Crippen LogP contribution in [-0.4, -0.2) is 53.7 Å². The number of H-pyrrole nitrogens is 1. The van der Waals surface area contributed by atoms with E-state index < -0.39 is 0 Å². The first-order chi connectivity index (χ1) is 13.5. The van der Waals surface area contributed by atoms with Crippen LogP contribution in [0.2, 0.25) is 0 Å². The minimum atomic E-state index is -0.223. The number of para-hydroxylation sites is 1. The van der Waals surface area contributed by atoms with Gasteiger partial charge in [-0.2, -0.15) is 5.10 Å². The van der Waals surface area contributed by atoms with Gasteiger partial charge in [0, 0.05) is 26.6 Å². The molecule has 0 spiro atoms. The van der Waals surface area contributed by atoms with Gasteiger partial charge >= 0.3 is 5.69 Å². The Hall–Kier alpha value is -3.23. The summed E-state index contributed by atoms with van der Waals surface area (Å²) in [5.74, 6) is 1.02. The molecular weight excluding hydrogens is 358 g/mol. The van der Waals surface area contributed by atoms with E-state index in [0.29, 0.717) is 31.1 Å². The lowest BCUT2D eigenvalue weighted by molar-refractivity contribution is 0.0683. The molecule has 9 heteroatoms. The van der Waals surface area contributed by atoms with Crippen LogP contribution in [0.25, 0.3) is 5.69 Å². The minimum absolute atomic E-state index is 0.0804. The van der Waals surface area contributed by atoms with E-state index in [4.69, 9.17) is 0 Å². The Kier molecular flexibility index (Phi) is 4.81. The highest BCUT2D eigenvalue weighted by atomic mass is 16.2. The summed E-state index contributed by atoms with van der Waals surface area (Å²) in [6, 6.07) is 7.78. The molecule has 3 aromatic rings. The van der Waals surface area contributed by atoms with Gasteiger partial charge in [0.05, 0.1) is 11.9 Å². The zero-order valence-corrected chi connectivity index (χ0v) is 16.0. The quantitative estimate of drug-likeness (QED) is 0.729. The maximum Gasteiger partial charge on any atom is 0.347 e. The number of piperidine rings is 1. The van der Waals surface area contributed by atoms with E-state index in [-0.39, 0.29) is 11.6 Å². The van der Waals surface area contributed by atoms with Gasteiger partial charge in [0.25, 0.3) is 5.91 Å². The summed E-state index contributed by atoms with van der Waals surface area (Å²) in [7, 11) is 1.74. The van der Waals surface area contributed by atoms with Crippen LogP contribution >= 0.6 is 0 Å². The molecule has 0 unspecified atom stereocenters. The number of carbonyl (C=O) groups is 1. The molecule has 1 saturated heterocycles. The molecule has 0 bridgehead atoms. The summed E-state index contributed by atoms with van der Waals surface area (Å²) in [6.45, 7) is 3.31. The minimum Gasteiger partial charge on any atom is -0.337 e. The highest BCUT2D eigenvalue weighted by molar-refractivity contribution is 5.91. The summed E-state index contributed by atoms with van der Waals surface area (Å²) < 4.78 is 3.19. The molecule has 28 heavy (non-hydrogen) atoms. The number of carbonyl (C=O) groups excluding carboxylic acids is 1. The van der Waals surface area contributed by atoms with Crippen LogP contribution in [-0.2, 0) is 13.5 Å². The molecule has 0 saturated carbocycles. The first-order valence-electron chi connectivity index (χ1n) is 9.41. The Balaban J connectivity index is 1.44. The summed E-state index contributed by atoms with van der Waals surface area (Å²) in [4.78, 5) is 26.6. The highest BCUT2D eigenvalue weighted by Crippen LogP contribution is 2.23. The molecule has 1 aromatic carbocycles. The van der Waals surface area contributed by atoms with Gasteiger partial charge in [-0.3, -0.25) is 9.48 Å². The molecular formula is C19H23N7O2. The van der Waals surface area contributed by atoms with E-state index in [1.54, 1.807) is 17.8 Å². The fraction of sp³-hybridized carbons (Fsp3) is 0.421. The lowest BCUT2D eigenvalue weighted by Crippen LogP contribution is -2.39. The Bertz CT molecular complexity index is 1040. The maximum absolute atomic E-state index is 12.5. The van der Waals surface area contributed by atoms with E-state index in [9.17, 15) is 9.59 Å². The summed E-state index contributed by atoms with van der Waals surface area (Å²) in [5.41, 5.74) is 2.03. The van der Waals surface area contributed by atoms with Crippen LogP contribution in [0.15, 0.2) is 35.3 Å². The number of likely N-dealkylation sites (tertiary alicyclic amines) is 1. The Morgan fingerprint density at radius 3 is 2.68 bits per heavy atom. The Morgan fingerprint density at radius 1 is 1.25 bits per heavy atom. The normalized spacial score (nSPS) is 15.1. The van der Waals surface area contributed by atoms with Gasteiger partial charge in [-0.15, -0.1) is 5.10 Å². The molecule has 146 valence electrons. The number of nitrogens with one attached hydrogen (secondary N) is 1. The lowest BCUT2D eigenvalue weighted by atomic mass is 9.93. The number of hydrogen-bond acceptors (Lipinski definition) is 5. The van der Waals surface area contributed by atoms with Crippen molar-refractivity contribution in [1.29, 1.82) is 0 Å². The number of benzene rings is 1. The number of hydrogen-bond donors (Lipinski definition) is 1. The zero-order valence-electron chi connectivity index (χ0n) is 16.0. The van der Waals surface area contributed by atoms with E-state index in [1.807, 2.05) is 36.1 Å². The molecule has 0 atom stereocenters. The van der Waals surface area contributed by atoms with Crippen LogP contribution in [0.1, 0.15) is 34.7 Å². The number of amides is 1.